The molecule has 0 spiro atoms. The molecule has 0 atom stereocenters. The summed E-state index contributed by atoms with van der Waals surface area (Å²) >= 11 is 1.52. The second-order valence-corrected chi connectivity index (χ2v) is 5.27. The van der Waals surface area contributed by atoms with Crippen molar-refractivity contribution in [2.24, 2.45) is 0 Å². The van der Waals surface area contributed by atoms with Crippen LogP contribution in [-0.2, 0) is 6.18 Å². The first kappa shape index (κ1) is 16.2. The average Bonchev–Trinajstić information content (AvgIpc) is 2.46. The van der Waals surface area contributed by atoms with Gasteiger partial charge in [0.15, 0.2) is 0 Å². The van der Waals surface area contributed by atoms with E-state index in [1.807, 2.05) is 12.3 Å². The zero-order chi connectivity index (χ0) is 16.2. The number of thioether (sulfide) groups is 1. The zero-order valence-corrected chi connectivity index (χ0v) is 12.4. The predicted molar refractivity (Wildman–Crippen MR) is 82.3 cm³/mol. The van der Waals surface area contributed by atoms with Crippen molar-refractivity contribution in [2.75, 3.05) is 16.9 Å². The minimum Gasteiger partial charge on any atom is -0.308 e. The van der Waals surface area contributed by atoms with E-state index >= 15 is 0 Å². The van der Waals surface area contributed by atoms with E-state index in [-0.39, 0.29) is 5.69 Å². The van der Waals surface area contributed by atoms with E-state index in [0.29, 0.717) is 5.69 Å². The van der Waals surface area contributed by atoms with Gasteiger partial charge in [-0.05, 0) is 42.7 Å². The highest BCUT2D eigenvalue weighted by Gasteiger charge is 2.30. The Morgan fingerprint density at radius 1 is 1.00 bits per heavy atom. The molecule has 2 amide bonds. The van der Waals surface area contributed by atoms with Crippen molar-refractivity contribution in [2.45, 2.75) is 11.1 Å². The molecule has 2 N–H and O–H groups in total. The van der Waals surface area contributed by atoms with Crippen LogP contribution >= 0.6 is 11.8 Å². The number of halogens is 3. The van der Waals surface area contributed by atoms with Crippen molar-refractivity contribution in [1.82, 2.24) is 0 Å². The molecular formula is C15H13F3N2OS. The SMILES string of the molecule is CSc1cccc(NC(=O)Nc2cccc(C(F)(F)F)c2)c1. The summed E-state index contributed by atoms with van der Waals surface area (Å²) in [5.74, 6) is 0. The Balaban J connectivity index is 2.06. The van der Waals surface area contributed by atoms with Crippen LogP contribution in [0.1, 0.15) is 5.56 Å². The van der Waals surface area contributed by atoms with Gasteiger partial charge in [-0.15, -0.1) is 11.8 Å². The van der Waals surface area contributed by atoms with Crippen LogP contribution in [0.3, 0.4) is 0 Å². The number of carbonyl (C=O) groups excluding carboxylic acids is 1. The summed E-state index contributed by atoms with van der Waals surface area (Å²) in [7, 11) is 0. The lowest BCUT2D eigenvalue weighted by Gasteiger charge is -2.11. The quantitative estimate of drug-likeness (QED) is 0.773. The maximum atomic E-state index is 12.6. The van der Waals surface area contributed by atoms with Gasteiger partial charge in [-0.2, -0.15) is 13.2 Å². The molecule has 2 aromatic rings. The Morgan fingerprint density at radius 2 is 1.59 bits per heavy atom. The molecule has 0 bridgehead atoms. The van der Waals surface area contributed by atoms with Gasteiger partial charge in [-0.25, -0.2) is 4.79 Å². The van der Waals surface area contributed by atoms with E-state index < -0.39 is 17.8 Å². The Hall–Kier alpha value is -2.15. The molecule has 0 aliphatic heterocycles. The first-order valence-electron chi connectivity index (χ1n) is 6.28. The molecule has 0 saturated heterocycles. The number of alkyl halides is 3. The normalized spacial score (nSPS) is 11.1. The summed E-state index contributed by atoms with van der Waals surface area (Å²) in [6.45, 7) is 0. The van der Waals surface area contributed by atoms with Crippen molar-refractivity contribution < 1.29 is 18.0 Å². The monoisotopic (exact) mass is 326 g/mol. The van der Waals surface area contributed by atoms with Gasteiger partial charge in [0, 0.05) is 16.3 Å². The first-order valence-corrected chi connectivity index (χ1v) is 7.50. The third kappa shape index (κ3) is 4.42. The third-order valence-electron chi connectivity index (χ3n) is 2.78. The maximum absolute atomic E-state index is 12.6. The lowest BCUT2D eigenvalue weighted by molar-refractivity contribution is -0.137. The van der Waals surface area contributed by atoms with Gasteiger partial charge >= 0.3 is 12.2 Å². The fourth-order valence-electron chi connectivity index (χ4n) is 1.77. The first-order chi connectivity index (χ1) is 10.4. The van der Waals surface area contributed by atoms with E-state index in [1.165, 1.54) is 23.9 Å². The highest BCUT2D eigenvalue weighted by molar-refractivity contribution is 7.98. The Morgan fingerprint density at radius 3 is 2.18 bits per heavy atom. The predicted octanol–water partition coefficient (Wildman–Crippen LogP) is 5.07. The fourth-order valence-corrected chi connectivity index (χ4v) is 2.23. The van der Waals surface area contributed by atoms with Crippen molar-refractivity contribution in [1.29, 1.82) is 0 Å². The summed E-state index contributed by atoms with van der Waals surface area (Å²) < 4.78 is 37.8. The van der Waals surface area contributed by atoms with E-state index in [9.17, 15) is 18.0 Å². The van der Waals surface area contributed by atoms with E-state index in [4.69, 9.17) is 0 Å². The fraction of sp³-hybridized carbons (Fsp3) is 0.133. The third-order valence-corrected chi connectivity index (χ3v) is 3.50. The van der Waals surface area contributed by atoms with Crippen LogP contribution in [0.2, 0.25) is 0 Å². The highest BCUT2D eigenvalue weighted by atomic mass is 32.2. The topological polar surface area (TPSA) is 41.1 Å². The van der Waals surface area contributed by atoms with Crippen LogP contribution in [0.25, 0.3) is 0 Å². The van der Waals surface area contributed by atoms with Gasteiger partial charge in [-0.1, -0.05) is 12.1 Å². The van der Waals surface area contributed by atoms with Gasteiger partial charge < -0.3 is 10.6 Å². The summed E-state index contributed by atoms with van der Waals surface area (Å²) in [6.07, 6.45) is -2.54. The number of hydrogen-bond donors (Lipinski definition) is 2. The van der Waals surface area contributed by atoms with Gasteiger partial charge in [0.2, 0.25) is 0 Å². The van der Waals surface area contributed by atoms with Crippen LogP contribution < -0.4 is 10.6 Å². The average molecular weight is 326 g/mol. The van der Waals surface area contributed by atoms with Gasteiger partial charge in [0.05, 0.1) is 5.56 Å². The number of amides is 2. The number of anilines is 2. The molecule has 0 unspecified atom stereocenters. The molecule has 0 fully saturated rings. The summed E-state index contributed by atoms with van der Waals surface area (Å²) in [6, 6.07) is 11.0. The standard InChI is InChI=1S/C15H13F3N2OS/c1-22-13-7-3-6-12(9-13)20-14(21)19-11-5-2-4-10(8-11)15(16,17)18/h2-9H,1H3,(H2,19,20,21). The molecule has 0 saturated carbocycles. The number of benzene rings is 2. The van der Waals surface area contributed by atoms with E-state index in [2.05, 4.69) is 10.6 Å². The van der Waals surface area contributed by atoms with E-state index in [1.54, 1.807) is 18.2 Å². The molecule has 0 aliphatic carbocycles. The van der Waals surface area contributed by atoms with Crippen LogP contribution in [0, 0.1) is 0 Å². The molecule has 0 aromatic heterocycles. The molecule has 7 heteroatoms. The molecule has 0 aliphatic rings. The molecule has 2 aromatic carbocycles. The molecule has 0 heterocycles. The molecule has 3 nitrogen and oxygen atoms in total. The lowest BCUT2D eigenvalue weighted by atomic mass is 10.2. The zero-order valence-electron chi connectivity index (χ0n) is 11.6. The van der Waals surface area contributed by atoms with Crippen molar-refractivity contribution >= 4 is 29.2 Å². The second kappa shape index (κ2) is 6.74. The van der Waals surface area contributed by atoms with Crippen molar-refractivity contribution in [3.05, 3.63) is 54.1 Å². The molecular weight excluding hydrogens is 313 g/mol. The number of hydrogen-bond acceptors (Lipinski definition) is 2. The number of urea groups is 1. The molecule has 22 heavy (non-hydrogen) atoms. The highest BCUT2D eigenvalue weighted by Crippen LogP contribution is 2.30. The minimum atomic E-state index is -4.44. The van der Waals surface area contributed by atoms with E-state index in [0.717, 1.165) is 17.0 Å². The van der Waals surface area contributed by atoms with Gasteiger partial charge in [0.25, 0.3) is 0 Å². The Bertz CT molecular complexity index is 674. The Kier molecular flexibility index (Phi) is 4.97. The molecule has 0 radical (unpaired) electrons. The van der Waals surface area contributed by atoms with Gasteiger partial charge in [0.1, 0.15) is 0 Å². The Labute approximate surface area is 129 Å². The summed E-state index contributed by atoms with van der Waals surface area (Å²) in [5, 5.41) is 4.96. The maximum Gasteiger partial charge on any atom is 0.416 e. The summed E-state index contributed by atoms with van der Waals surface area (Å²) in [4.78, 5) is 12.8. The van der Waals surface area contributed by atoms with Crippen molar-refractivity contribution in [3.63, 3.8) is 0 Å². The molecule has 2 rings (SSSR count). The largest absolute Gasteiger partial charge is 0.416 e. The number of carbonyl (C=O) groups is 1. The minimum absolute atomic E-state index is 0.0772. The van der Waals surface area contributed by atoms with Crippen LogP contribution in [0.5, 0.6) is 0 Å². The van der Waals surface area contributed by atoms with Crippen LogP contribution in [0.4, 0.5) is 29.3 Å². The number of rotatable bonds is 3. The smallest absolute Gasteiger partial charge is 0.308 e. The van der Waals surface area contributed by atoms with Crippen LogP contribution in [-0.4, -0.2) is 12.3 Å². The van der Waals surface area contributed by atoms with Crippen LogP contribution in [0.15, 0.2) is 53.4 Å². The lowest BCUT2D eigenvalue weighted by Crippen LogP contribution is -2.19. The summed E-state index contributed by atoms with van der Waals surface area (Å²) in [5.41, 5.74) is -0.167. The molecule has 116 valence electrons. The second-order valence-electron chi connectivity index (χ2n) is 4.39. The number of nitrogens with one attached hydrogen (secondary N) is 2. The van der Waals surface area contributed by atoms with Crippen molar-refractivity contribution in [3.8, 4) is 0 Å². The van der Waals surface area contributed by atoms with Gasteiger partial charge in [-0.3, -0.25) is 0 Å².